The molecule has 4 rings (SSSR count). The van der Waals surface area contributed by atoms with Crippen LogP contribution in [-0.4, -0.2) is 32.7 Å². The first-order valence-electron chi connectivity index (χ1n) is 6.76. The van der Waals surface area contributed by atoms with Gasteiger partial charge in [0.25, 0.3) is 0 Å². The minimum atomic E-state index is 0.311. The molecule has 5 nitrogen and oxygen atoms in total. The molecule has 1 aliphatic heterocycles. The van der Waals surface area contributed by atoms with E-state index in [2.05, 4.69) is 14.5 Å². The van der Waals surface area contributed by atoms with E-state index in [0.717, 1.165) is 42.4 Å². The van der Waals surface area contributed by atoms with Crippen molar-refractivity contribution >= 4 is 11.2 Å². The number of pyridine rings is 2. The van der Waals surface area contributed by atoms with Crippen molar-refractivity contribution in [3.63, 3.8) is 0 Å². The van der Waals surface area contributed by atoms with Gasteiger partial charge in [-0.25, -0.2) is 15.0 Å². The number of ether oxygens (including phenoxy) is 1. The lowest BCUT2D eigenvalue weighted by Gasteiger charge is -2.11. The van der Waals surface area contributed by atoms with Gasteiger partial charge in [-0.15, -0.1) is 0 Å². The average molecular weight is 266 g/mol. The molecule has 0 aromatic carbocycles. The Kier molecular flexibility index (Phi) is 2.70. The van der Waals surface area contributed by atoms with Gasteiger partial charge in [-0.3, -0.25) is 4.57 Å². The molecule has 1 fully saturated rings. The highest BCUT2D eigenvalue weighted by atomic mass is 16.5. The van der Waals surface area contributed by atoms with Crippen molar-refractivity contribution in [3.8, 4) is 5.82 Å². The van der Waals surface area contributed by atoms with E-state index in [0.29, 0.717) is 5.92 Å². The van der Waals surface area contributed by atoms with Gasteiger partial charge in [0, 0.05) is 24.9 Å². The van der Waals surface area contributed by atoms with Crippen LogP contribution < -0.4 is 0 Å². The van der Waals surface area contributed by atoms with Crippen LogP contribution in [0.5, 0.6) is 0 Å². The lowest BCUT2D eigenvalue weighted by atomic mass is 10.1. The first-order chi connectivity index (χ1) is 9.93. The minimum Gasteiger partial charge on any atom is -0.381 e. The monoisotopic (exact) mass is 266 g/mol. The van der Waals surface area contributed by atoms with E-state index >= 15 is 0 Å². The highest BCUT2D eigenvalue weighted by Gasteiger charge is 2.25. The summed E-state index contributed by atoms with van der Waals surface area (Å²) in [4.78, 5) is 13.7. The molecule has 0 saturated carbocycles. The summed E-state index contributed by atoms with van der Waals surface area (Å²) in [6, 6.07) is 9.77. The van der Waals surface area contributed by atoms with Crippen molar-refractivity contribution in [1.82, 2.24) is 19.5 Å². The lowest BCUT2D eigenvalue weighted by Crippen LogP contribution is -2.09. The van der Waals surface area contributed by atoms with Crippen molar-refractivity contribution in [3.05, 3.63) is 48.5 Å². The van der Waals surface area contributed by atoms with Crippen molar-refractivity contribution in [2.45, 2.75) is 12.3 Å². The van der Waals surface area contributed by atoms with Crippen LogP contribution in [0.15, 0.2) is 42.7 Å². The van der Waals surface area contributed by atoms with Crippen LogP contribution in [0, 0.1) is 0 Å². The Bertz CT molecular complexity index is 732. The van der Waals surface area contributed by atoms with Gasteiger partial charge < -0.3 is 4.74 Å². The predicted molar refractivity (Wildman–Crippen MR) is 74.8 cm³/mol. The molecule has 1 aliphatic rings. The van der Waals surface area contributed by atoms with E-state index in [1.165, 1.54) is 0 Å². The highest BCUT2D eigenvalue weighted by Crippen LogP contribution is 2.29. The Hall–Kier alpha value is -2.27. The summed E-state index contributed by atoms with van der Waals surface area (Å²) in [6.45, 7) is 1.51. The molecule has 0 amide bonds. The summed E-state index contributed by atoms with van der Waals surface area (Å²) in [5.41, 5.74) is 1.76. The number of nitrogens with zero attached hydrogens (tertiary/aromatic N) is 4. The molecular weight excluding hydrogens is 252 g/mol. The maximum Gasteiger partial charge on any atom is 0.165 e. The zero-order chi connectivity index (χ0) is 13.4. The third kappa shape index (κ3) is 1.78. The van der Waals surface area contributed by atoms with E-state index in [1.54, 1.807) is 12.4 Å². The topological polar surface area (TPSA) is 52.8 Å². The van der Waals surface area contributed by atoms with Crippen LogP contribution in [0.4, 0.5) is 0 Å². The fourth-order valence-corrected chi connectivity index (χ4v) is 2.65. The predicted octanol–water partition coefficient (Wildman–Crippen LogP) is 2.32. The van der Waals surface area contributed by atoms with Gasteiger partial charge in [-0.05, 0) is 30.7 Å². The number of aromatic nitrogens is 4. The van der Waals surface area contributed by atoms with Crippen LogP contribution in [0.3, 0.4) is 0 Å². The van der Waals surface area contributed by atoms with Gasteiger partial charge in [-0.2, -0.15) is 0 Å². The Labute approximate surface area is 116 Å². The largest absolute Gasteiger partial charge is 0.381 e. The molecule has 0 radical (unpaired) electrons. The van der Waals surface area contributed by atoms with Crippen LogP contribution >= 0.6 is 0 Å². The number of hydrogen-bond acceptors (Lipinski definition) is 4. The number of hydrogen-bond donors (Lipinski definition) is 0. The Morgan fingerprint density at radius 1 is 1.10 bits per heavy atom. The average Bonchev–Trinajstić information content (AvgIpc) is 3.15. The molecule has 1 unspecified atom stereocenters. The fraction of sp³-hybridized carbons (Fsp3) is 0.267. The molecule has 3 aromatic heterocycles. The molecule has 100 valence electrons. The zero-order valence-corrected chi connectivity index (χ0v) is 10.9. The van der Waals surface area contributed by atoms with E-state index in [-0.39, 0.29) is 0 Å². The summed E-state index contributed by atoms with van der Waals surface area (Å²) >= 11 is 0. The quantitative estimate of drug-likeness (QED) is 0.714. The van der Waals surface area contributed by atoms with Crippen molar-refractivity contribution < 1.29 is 4.74 Å². The number of fused-ring (bicyclic) bond motifs is 1. The molecule has 1 atom stereocenters. The summed E-state index contributed by atoms with van der Waals surface area (Å²) in [7, 11) is 0. The SMILES string of the molecule is c1ccc(-n2c(C3CCOC3)nc3cccnc32)nc1. The fourth-order valence-electron chi connectivity index (χ4n) is 2.65. The van der Waals surface area contributed by atoms with Crippen LogP contribution in [0.2, 0.25) is 0 Å². The second-order valence-electron chi connectivity index (χ2n) is 4.90. The van der Waals surface area contributed by atoms with Gasteiger partial charge in [0.1, 0.15) is 17.2 Å². The van der Waals surface area contributed by atoms with Crippen LogP contribution in [-0.2, 0) is 4.74 Å². The smallest absolute Gasteiger partial charge is 0.165 e. The Balaban J connectivity index is 1.98. The Morgan fingerprint density at radius 2 is 2.05 bits per heavy atom. The maximum atomic E-state index is 5.50. The van der Waals surface area contributed by atoms with E-state index < -0.39 is 0 Å². The Morgan fingerprint density at radius 3 is 2.85 bits per heavy atom. The summed E-state index contributed by atoms with van der Waals surface area (Å²) in [5, 5.41) is 0. The third-order valence-electron chi connectivity index (χ3n) is 3.62. The molecular formula is C15H14N4O. The molecule has 1 saturated heterocycles. The summed E-state index contributed by atoms with van der Waals surface area (Å²) < 4.78 is 7.55. The van der Waals surface area contributed by atoms with Crippen LogP contribution in [0.1, 0.15) is 18.2 Å². The molecule has 0 aliphatic carbocycles. The van der Waals surface area contributed by atoms with E-state index in [4.69, 9.17) is 9.72 Å². The standard InChI is InChI=1S/C15H14N4O/c1-2-7-16-13(5-1)19-14(11-6-9-20-10-11)18-12-4-3-8-17-15(12)19/h1-5,7-8,11H,6,9-10H2. The third-order valence-corrected chi connectivity index (χ3v) is 3.62. The van der Waals surface area contributed by atoms with Crippen molar-refractivity contribution in [2.24, 2.45) is 0 Å². The van der Waals surface area contributed by atoms with Crippen LogP contribution in [0.25, 0.3) is 17.0 Å². The molecule has 0 N–H and O–H groups in total. The summed E-state index contributed by atoms with van der Waals surface area (Å²) in [6.07, 6.45) is 4.58. The zero-order valence-electron chi connectivity index (χ0n) is 10.9. The van der Waals surface area contributed by atoms with E-state index in [9.17, 15) is 0 Å². The normalized spacial score (nSPS) is 18.7. The highest BCUT2D eigenvalue weighted by molar-refractivity contribution is 5.73. The number of imidazole rings is 1. The first-order valence-corrected chi connectivity index (χ1v) is 6.76. The van der Waals surface area contributed by atoms with E-state index in [1.807, 2.05) is 30.3 Å². The molecule has 0 spiro atoms. The van der Waals surface area contributed by atoms with Crippen molar-refractivity contribution in [2.75, 3.05) is 13.2 Å². The molecule has 5 heteroatoms. The molecule has 0 bridgehead atoms. The molecule has 20 heavy (non-hydrogen) atoms. The van der Waals surface area contributed by atoms with Gasteiger partial charge in [0.05, 0.1) is 6.61 Å². The maximum absolute atomic E-state index is 5.50. The molecule has 4 heterocycles. The minimum absolute atomic E-state index is 0.311. The second-order valence-corrected chi connectivity index (χ2v) is 4.90. The second kappa shape index (κ2) is 4.68. The molecule has 3 aromatic rings. The van der Waals surface area contributed by atoms with Gasteiger partial charge >= 0.3 is 0 Å². The lowest BCUT2D eigenvalue weighted by molar-refractivity contribution is 0.193. The van der Waals surface area contributed by atoms with Gasteiger partial charge in [0.2, 0.25) is 0 Å². The van der Waals surface area contributed by atoms with Gasteiger partial charge in [0.15, 0.2) is 5.65 Å². The first kappa shape index (κ1) is 11.5. The van der Waals surface area contributed by atoms with Gasteiger partial charge in [-0.1, -0.05) is 6.07 Å². The summed E-state index contributed by atoms with van der Waals surface area (Å²) in [5.74, 6) is 2.16. The number of rotatable bonds is 2. The van der Waals surface area contributed by atoms with Crippen molar-refractivity contribution in [1.29, 1.82) is 0 Å².